The van der Waals surface area contributed by atoms with Crippen molar-refractivity contribution >= 4 is 27.6 Å². The summed E-state index contributed by atoms with van der Waals surface area (Å²) >= 11 is 0. The summed E-state index contributed by atoms with van der Waals surface area (Å²) in [5.41, 5.74) is 2.74. The van der Waals surface area contributed by atoms with Crippen LogP contribution in [0.4, 0.5) is 0 Å². The van der Waals surface area contributed by atoms with Crippen LogP contribution in [0.1, 0.15) is 79.8 Å². The quantitative estimate of drug-likeness (QED) is 0.523. The van der Waals surface area contributed by atoms with Gasteiger partial charge in [0.1, 0.15) is 16.7 Å². The highest BCUT2D eigenvalue weighted by Crippen LogP contribution is 2.38. The van der Waals surface area contributed by atoms with E-state index in [-0.39, 0.29) is 4.75 Å². The molecule has 0 bridgehead atoms. The third-order valence-corrected chi connectivity index (χ3v) is 7.46. The summed E-state index contributed by atoms with van der Waals surface area (Å²) in [6.45, 7) is 14.7. The summed E-state index contributed by atoms with van der Waals surface area (Å²) in [6, 6.07) is 10.1. The molecule has 0 N–H and O–H groups in total. The lowest BCUT2D eigenvalue weighted by molar-refractivity contribution is 0.0883. The Balaban J connectivity index is 1.70. The van der Waals surface area contributed by atoms with Crippen LogP contribution in [-0.2, 0) is 11.0 Å². The molecular formula is C25H36N2O2S. The smallest absolute Gasteiger partial charge is 0.145 e. The molecule has 1 fully saturated rings. The molecule has 0 radical (unpaired) electrons. The largest absolute Gasteiger partial charge is 0.490 e. The molecule has 30 heavy (non-hydrogen) atoms. The van der Waals surface area contributed by atoms with Gasteiger partial charge in [-0.2, -0.15) is 4.40 Å². The van der Waals surface area contributed by atoms with Gasteiger partial charge in [-0.3, -0.25) is 0 Å². The second kappa shape index (κ2) is 8.78. The van der Waals surface area contributed by atoms with E-state index in [1.54, 1.807) is 0 Å². The Kier molecular flexibility index (Phi) is 6.71. The van der Waals surface area contributed by atoms with Gasteiger partial charge in [0, 0.05) is 5.39 Å². The molecule has 0 amide bonds. The molecular weight excluding hydrogens is 392 g/mol. The number of ether oxygens (including phenoxy) is 1. The zero-order chi connectivity index (χ0) is 22.1. The van der Waals surface area contributed by atoms with E-state index in [4.69, 9.17) is 9.72 Å². The van der Waals surface area contributed by atoms with Crippen LogP contribution in [0, 0.1) is 11.3 Å². The lowest BCUT2D eigenvalue weighted by Crippen LogP contribution is -2.30. The lowest BCUT2D eigenvalue weighted by atomic mass is 9.72. The predicted molar refractivity (Wildman–Crippen MR) is 128 cm³/mol. The third kappa shape index (κ3) is 5.69. The first-order chi connectivity index (χ1) is 13.9. The van der Waals surface area contributed by atoms with Crippen molar-refractivity contribution in [3.63, 3.8) is 0 Å². The fourth-order valence-corrected chi connectivity index (χ4v) is 4.54. The molecule has 2 aromatic rings. The maximum Gasteiger partial charge on any atom is 0.145 e. The molecule has 4 nitrogen and oxygen atoms in total. The Hall–Kier alpha value is -1.75. The first-order valence-electron chi connectivity index (χ1n) is 11.0. The van der Waals surface area contributed by atoms with Crippen LogP contribution in [0.15, 0.2) is 34.7 Å². The summed E-state index contributed by atoms with van der Waals surface area (Å²) < 4.78 is 22.6. The molecule has 0 spiro atoms. The topological polar surface area (TPSA) is 51.5 Å². The normalized spacial score (nSPS) is 22.2. The van der Waals surface area contributed by atoms with Crippen LogP contribution in [0.25, 0.3) is 10.9 Å². The van der Waals surface area contributed by atoms with E-state index in [9.17, 15) is 4.21 Å². The number of hydrogen-bond donors (Lipinski definition) is 0. The molecule has 164 valence electrons. The van der Waals surface area contributed by atoms with Gasteiger partial charge in [0.15, 0.2) is 0 Å². The van der Waals surface area contributed by atoms with Crippen molar-refractivity contribution in [1.82, 2.24) is 4.98 Å². The number of nitrogens with zero attached hydrogens (tertiary/aromatic N) is 2. The molecule has 1 aromatic heterocycles. The van der Waals surface area contributed by atoms with Crippen molar-refractivity contribution in [3.8, 4) is 5.75 Å². The average molecular weight is 429 g/mol. The Morgan fingerprint density at radius 1 is 1.03 bits per heavy atom. The Morgan fingerprint density at radius 3 is 2.30 bits per heavy atom. The minimum atomic E-state index is -1.29. The second-order valence-electron chi connectivity index (χ2n) is 10.5. The number of aromatic nitrogens is 1. The van der Waals surface area contributed by atoms with Gasteiger partial charge in [0.05, 0.1) is 27.8 Å². The van der Waals surface area contributed by atoms with E-state index in [2.05, 4.69) is 31.2 Å². The molecule has 3 rings (SSSR count). The van der Waals surface area contributed by atoms with Crippen LogP contribution in [0.2, 0.25) is 0 Å². The molecule has 0 unspecified atom stereocenters. The number of fused-ring (bicyclic) bond motifs is 1. The van der Waals surface area contributed by atoms with Gasteiger partial charge in [-0.1, -0.05) is 26.8 Å². The van der Waals surface area contributed by atoms with Crippen molar-refractivity contribution < 1.29 is 8.95 Å². The molecule has 1 aromatic carbocycles. The van der Waals surface area contributed by atoms with Crippen LogP contribution >= 0.6 is 0 Å². The fourth-order valence-electron chi connectivity index (χ4n) is 3.93. The van der Waals surface area contributed by atoms with Crippen LogP contribution in [0.5, 0.6) is 5.75 Å². The maximum absolute atomic E-state index is 12.3. The van der Waals surface area contributed by atoms with Crippen molar-refractivity contribution in [2.75, 3.05) is 0 Å². The molecule has 1 saturated carbocycles. The minimum absolute atomic E-state index is 0.301. The summed E-state index contributed by atoms with van der Waals surface area (Å²) in [6.07, 6.45) is 5.02. The number of benzene rings is 1. The standard InChI is InChI=1S/C25H36N2O2S/c1-17(27-30(28)25(5,6)7)22-14-8-18-16-21(13-15-23(18)26-22)29-20-11-9-19(10-12-20)24(2,3)4/h8,13-16,19-20H,9-12H2,1-7H3/t19?,20?,30-/m1/s1. The van der Waals surface area contributed by atoms with E-state index < -0.39 is 11.0 Å². The Bertz CT molecular complexity index is 946. The Morgan fingerprint density at radius 2 is 1.70 bits per heavy atom. The Labute approximate surface area is 184 Å². The van der Waals surface area contributed by atoms with Gasteiger partial charge in [-0.25, -0.2) is 9.19 Å². The monoisotopic (exact) mass is 428 g/mol. The highest BCUT2D eigenvalue weighted by atomic mass is 32.2. The van der Waals surface area contributed by atoms with Crippen LogP contribution < -0.4 is 4.74 Å². The molecule has 0 saturated heterocycles. The predicted octanol–water partition coefficient (Wildman–Crippen LogP) is 6.49. The highest BCUT2D eigenvalue weighted by molar-refractivity contribution is 7.85. The molecule has 5 heteroatoms. The zero-order valence-corrected chi connectivity index (χ0v) is 20.3. The van der Waals surface area contributed by atoms with Crippen molar-refractivity contribution in [3.05, 3.63) is 36.0 Å². The van der Waals surface area contributed by atoms with Gasteiger partial charge in [0.2, 0.25) is 0 Å². The van der Waals surface area contributed by atoms with Crippen LogP contribution in [-0.4, -0.2) is 25.8 Å². The SMILES string of the molecule is CC(=N[S@](=O)C(C)(C)C)c1ccc2cc(OC3CCC(C(C)(C)C)CC3)ccc2n1. The average Bonchev–Trinajstić information content (AvgIpc) is 2.66. The highest BCUT2D eigenvalue weighted by Gasteiger charge is 2.30. The summed E-state index contributed by atoms with van der Waals surface area (Å²) in [7, 11) is -1.29. The van der Waals surface area contributed by atoms with Gasteiger partial charge in [0.25, 0.3) is 0 Å². The first kappa shape index (κ1) is 22.9. The van der Waals surface area contributed by atoms with Gasteiger partial charge in [-0.05, 0) is 89.0 Å². The van der Waals surface area contributed by atoms with E-state index >= 15 is 0 Å². The molecule has 1 aliphatic carbocycles. The van der Waals surface area contributed by atoms with Crippen molar-refractivity contribution in [2.24, 2.45) is 15.7 Å². The lowest BCUT2D eigenvalue weighted by Gasteiger charge is -2.36. The van der Waals surface area contributed by atoms with Gasteiger partial charge in [-0.15, -0.1) is 0 Å². The molecule has 0 aliphatic heterocycles. The van der Waals surface area contributed by atoms with Crippen LogP contribution in [0.3, 0.4) is 0 Å². The summed E-state index contributed by atoms with van der Waals surface area (Å²) in [5.74, 6) is 1.70. The molecule has 1 heterocycles. The zero-order valence-electron chi connectivity index (χ0n) is 19.5. The third-order valence-electron chi connectivity index (χ3n) is 5.98. The summed E-state index contributed by atoms with van der Waals surface area (Å²) in [5, 5.41) is 1.05. The number of hydrogen-bond acceptors (Lipinski definition) is 3. The van der Waals surface area contributed by atoms with E-state index in [1.807, 2.05) is 52.0 Å². The minimum Gasteiger partial charge on any atom is -0.490 e. The van der Waals surface area contributed by atoms with E-state index in [0.717, 1.165) is 41.1 Å². The maximum atomic E-state index is 12.3. The van der Waals surface area contributed by atoms with Crippen molar-refractivity contribution in [1.29, 1.82) is 0 Å². The van der Waals surface area contributed by atoms with E-state index in [1.165, 1.54) is 12.8 Å². The molecule has 1 aliphatic rings. The number of rotatable bonds is 4. The number of pyridine rings is 1. The second-order valence-corrected chi connectivity index (χ2v) is 12.5. The fraction of sp³-hybridized carbons (Fsp3) is 0.600. The van der Waals surface area contributed by atoms with Crippen molar-refractivity contribution in [2.45, 2.75) is 85.0 Å². The summed E-state index contributed by atoms with van der Waals surface area (Å²) in [4.78, 5) is 4.71. The van der Waals surface area contributed by atoms with E-state index in [0.29, 0.717) is 17.2 Å². The molecule has 1 atom stereocenters. The van der Waals surface area contributed by atoms with Gasteiger partial charge < -0.3 is 4.74 Å². The first-order valence-corrected chi connectivity index (χ1v) is 12.1. The van der Waals surface area contributed by atoms with Gasteiger partial charge >= 0.3 is 0 Å².